The summed E-state index contributed by atoms with van der Waals surface area (Å²) in [7, 11) is 0. The van der Waals surface area contributed by atoms with Crippen molar-refractivity contribution in [2.45, 2.75) is 44.3 Å². The molecule has 33 heavy (non-hydrogen) atoms. The van der Waals surface area contributed by atoms with Crippen LogP contribution >= 0.6 is 11.6 Å². The monoisotopic (exact) mass is 469 g/mol. The molecule has 4 rings (SSSR count). The maximum atomic E-state index is 13.6. The first-order chi connectivity index (χ1) is 15.9. The molecule has 0 amide bonds. The number of nitrogens with two attached hydrogens (primary N) is 1. The lowest BCUT2D eigenvalue weighted by Crippen LogP contribution is -2.33. The van der Waals surface area contributed by atoms with Gasteiger partial charge >= 0.3 is 5.97 Å². The van der Waals surface area contributed by atoms with Gasteiger partial charge in [-0.3, -0.25) is 4.98 Å². The van der Waals surface area contributed by atoms with E-state index in [0.29, 0.717) is 33.3 Å². The number of carboxylic acids is 1. The van der Waals surface area contributed by atoms with Gasteiger partial charge in [0.25, 0.3) is 0 Å². The number of nitrogens with one attached hydrogen (secondary N) is 2. The van der Waals surface area contributed by atoms with Crippen LogP contribution in [-0.4, -0.2) is 33.1 Å². The molecule has 0 radical (unpaired) electrons. The van der Waals surface area contributed by atoms with Crippen LogP contribution in [0.4, 0.5) is 15.9 Å². The van der Waals surface area contributed by atoms with E-state index in [2.05, 4.69) is 15.6 Å². The fourth-order valence-electron chi connectivity index (χ4n) is 4.01. The Balaban J connectivity index is 1.74. The largest absolute Gasteiger partial charge is 0.478 e. The minimum absolute atomic E-state index is 0.0736. The molecule has 1 saturated carbocycles. The summed E-state index contributed by atoms with van der Waals surface area (Å²) in [6, 6.07) is 9.64. The number of nitrogens with zero attached hydrogens (tertiary/aromatic N) is 2. The van der Waals surface area contributed by atoms with Crippen molar-refractivity contribution in [3.8, 4) is 11.3 Å². The molecule has 0 bridgehead atoms. The van der Waals surface area contributed by atoms with Crippen LogP contribution < -0.4 is 16.4 Å². The van der Waals surface area contributed by atoms with E-state index >= 15 is 0 Å². The van der Waals surface area contributed by atoms with Crippen LogP contribution in [-0.2, 0) is 6.54 Å². The van der Waals surface area contributed by atoms with Crippen LogP contribution in [0.25, 0.3) is 11.3 Å². The molecule has 0 spiro atoms. The summed E-state index contributed by atoms with van der Waals surface area (Å²) in [6.45, 7) is 0.265. The van der Waals surface area contributed by atoms with E-state index in [1.807, 2.05) is 0 Å². The smallest absolute Gasteiger partial charge is 0.338 e. The van der Waals surface area contributed by atoms with Crippen molar-refractivity contribution in [3.05, 3.63) is 70.8 Å². The van der Waals surface area contributed by atoms with E-state index in [-0.39, 0.29) is 30.0 Å². The molecule has 0 unspecified atom stereocenters. The predicted molar refractivity (Wildman–Crippen MR) is 127 cm³/mol. The van der Waals surface area contributed by atoms with Gasteiger partial charge in [-0.1, -0.05) is 23.7 Å². The first-order valence-corrected chi connectivity index (χ1v) is 11.2. The van der Waals surface area contributed by atoms with Crippen LogP contribution in [0.5, 0.6) is 0 Å². The molecular formula is C24H25ClFN5O2. The number of hydrogen-bond donors (Lipinski definition) is 4. The van der Waals surface area contributed by atoms with Crippen molar-refractivity contribution in [3.63, 3.8) is 0 Å². The number of aromatic carboxylic acids is 1. The fourth-order valence-corrected chi connectivity index (χ4v) is 4.23. The third-order valence-electron chi connectivity index (χ3n) is 5.77. The number of carbonyl (C=O) groups is 1. The maximum absolute atomic E-state index is 13.6. The van der Waals surface area contributed by atoms with E-state index in [9.17, 15) is 14.3 Å². The Kier molecular flexibility index (Phi) is 7.05. The van der Waals surface area contributed by atoms with E-state index in [1.54, 1.807) is 24.4 Å². The zero-order chi connectivity index (χ0) is 23.4. The average Bonchev–Trinajstić information content (AvgIpc) is 2.80. The summed E-state index contributed by atoms with van der Waals surface area (Å²) in [5, 5.41) is 16.9. The molecule has 172 valence electrons. The molecular weight excluding hydrogens is 445 g/mol. The number of carboxylic acid groups (broad SMARTS) is 1. The molecule has 1 fully saturated rings. The molecule has 1 aliphatic rings. The molecule has 9 heteroatoms. The Labute approximate surface area is 196 Å². The molecule has 1 aromatic carbocycles. The number of benzene rings is 1. The van der Waals surface area contributed by atoms with Gasteiger partial charge in [-0.05, 0) is 55.5 Å². The normalized spacial score (nSPS) is 18.0. The first-order valence-electron chi connectivity index (χ1n) is 10.8. The summed E-state index contributed by atoms with van der Waals surface area (Å²) in [5.74, 6) is -1.08. The molecule has 0 saturated heterocycles. The van der Waals surface area contributed by atoms with Crippen LogP contribution in [0.2, 0.25) is 5.02 Å². The van der Waals surface area contributed by atoms with E-state index in [1.165, 1.54) is 24.4 Å². The van der Waals surface area contributed by atoms with Gasteiger partial charge < -0.3 is 21.5 Å². The lowest BCUT2D eigenvalue weighted by molar-refractivity contribution is 0.0698. The van der Waals surface area contributed by atoms with E-state index < -0.39 is 5.97 Å². The Morgan fingerprint density at radius 3 is 2.70 bits per heavy atom. The Morgan fingerprint density at radius 2 is 2.00 bits per heavy atom. The van der Waals surface area contributed by atoms with Crippen molar-refractivity contribution in [1.29, 1.82) is 0 Å². The van der Waals surface area contributed by atoms with Gasteiger partial charge in [0.1, 0.15) is 5.82 Å². The van der Waals surface area contributed by atoms with Gasteiger partial charge in [-0.15, -0.1) is 0 Å². The lowest BCUT2D eigenvalue weighted by atomic mass is 9.91. The van der Waals surface area contributed by atoms with Gasteiger partial charge in [0, 0.05) is 36.6 Å². The third kappa shape index (κ3) is 5.58. The maximum Gasteiger partial charge on any atom is 0.338 e. The zero-order valence-corrected chi connectivity index (χ0v) is 18.6. The standard InChI is InChI=1S/C24H25ClFN5O2/c25-20-13-28-9-8-18(20)21-11-19(24(32)33)22(30-17-6-4-16(27)5-7-17)23(31-21)29-12-14-2-1-3-15(26)10-14/h1-3,8-11,13,16-17,30H,4-7,12,27H2,(H,29,31)(H,32,33). The first kappa shape index (κ1) is 22.9. The minimum atomic E-state index is -1.09. The third-order valence-corrected chi connectivity index (χ3v) is 6.07. The molecule has 2 aromatic heterocycles. The fraction of sp³-hybridized carbons (Fsp3) is 0.292. The number of rotatable bonds is 7. The van der Waals surface area contributed by atoms with Gasteiger partial charge in [-0.25, -0.2) is 14.2 Å². The minimum Gasteiger partial charge on any atom is -0.478 e. The Morgan fingerprint density at radius 1 is 1.21 bits per heavy atom. The van der Waals surface area contributed by atoms with Gasteiger partial charge in [0.05, 0.1) is 22.0 Å². The molecule has 3 aromatic rings. The highest BCUT2D eigenvalue weighted by atomic mass is 35.5. The van der Waals surface area contributed by atoms with Crippen molar-refractivity contribution in [2.24, 2.45) is 5.73 Å². The lowest BCUT2D eigenvalue weighted by Gasteiger charge is -2.29. The van der Waals surface area contributed by atoms with E-state index in [0.717, 1.165) is 25.7 Å². The number of hydrogen-bond acceptors (Lipinski definition) is 6. The van der Waals surface area contributed by atoms with Crippen molar-refractivity contribution < 1.29 is 14.3 Å². The second-order valence-corrected chi connectivity index (χ2v) is 8.59. The highest BCUT2D eigenvalue weighted by Gasteiger charge is 2.24. The van der Waals surface area contributed by atoms with Crippen molar-refractivity contribution >= 4 is 29.1 Å². The summed E-state index contributed by atoms with van der Waals surface area (Å²) in [6.07, 6.45) is 6.45. The van der Waals surface area contributed by atoms with E-state index in [4.69, 9.17) is 22.3 Å². The summed E-state index contributed by atoms with van der Waals surface area (Å²) >= 11 is 6.30. The average molecular weight is 470 g/mol. The molecule has 2 heterocycles. The van der Waals surface area contributed by atoms with Gasteiger partial charge in [-0.2, -0.15) is 0 Å². The molecule has 0 aliphatic heterocycles. The summed E-state index contributed by atoms with van der Waals surface area (Å²) in [5.41, 5.74) is 8.17. The van der Waals surface area contributed by atoms with Gasteiger partial charge in [0.2, 0.25) is 0 Å². The molecule has 7 nitrogen and oxygen atoms in total. The number of pyridine rings is 2. The second kappa shape index (κ2) is 10.1. The highest BCUT2D eigenvalue weighted by Crippen LogP contribution is 2.34. The van der Waals surface area contributed by atoms with Gasteiger partial charge in [0.15, 0.2) is 5.82 Å². The number of anilines is 2. The summed E-state index contributed by atoms with van der Waals surface area (Å²) in [4.78, 5) is 20.9. The molecule has 5 N–H and O–H groups in total. The molecule has 1 aliphatic carbocycles. The quantitative estimate of drug-likeness (QED) is 0.388. The zero-order valence-electron chi connectivity index (χ0n) is 17.9. The van der Waals surface area contributed by atoms with Crippen molar-refractivity contribution in [2.75, 3.05) is 10.6 Å². The van der Waals surface area contributed by atoms with Crippen LogP contribution in [0.3, 0.4) is 0 Å². The Hall–Kier alpha value is -3.23. The predicted octanol–water partition coefficient (Wildman–Crippen LogP) is 4.93. The van der Waals surface area contributed by atoms with Crippen molar-refractivity contribution in [1.82, 2.24) is 9.97 Å². The van der Waals surface area contributed by atoms with Crippen LogP contribution in [0.15, 0.2) is 48.8 Å². The number of halogens is 2. The SMILES string of the molecule is NC1CCC(Nc2c(C(=O)O)cc(-c3ccncc3Cl)nc2NCc2cccc(F)c2)CC1. The van der Waals surface area contributed by atoms with Crippen LogP contribution in [0.1, 0.15) is 41.6 Å². The highest BCUT2D eigenvalue weighted by molar-refractivity contribution is 6.33. The summed E-state index contributed by atoms with van der Waals surface area (Å²) < 4.78 is 13.6. The second-order valence-electron chi connectivity index (χ2n) is 8.18. The topological polar surface area (TPSA) is 113 Å². The number of aromatic nitrogens is 2. The van der Waals surface area contributed by atoms with Crippen LogP contribution in [0, 0.1) is 5.82 Å². The Bertz CT molecular complexity index is 1150. The molecule has 0 atom stereocenters.